The van der Waals surface area contributed by atoms with Crippen LogP contribution in [0.3, 0.4) is 0 Å². The third-order valence-corrected chi connectivity index (χ3v) is 8.27. The van der Waals surface area contributed by atoms with Gasteiger partial charge < -0.3 is 24.3 Å². The highest BCUT2D eigenvalue weighted by atomic mass is 16.6. The van der Waals surface area contributed by atoms with Crippen molar-refractivity contribution < 1.29 is 14.3 Å². The van der Waals surface area contributed by atoms with E-state index in [1.165, 1.54) is 0 Å². The number of rotatable bonds is 9. The maximum Gasteiger partial charge on any atom is 0.410 e. The zero-order valence-corrected chi connectivity index (χ0v) is 25.9. The van der Waals surface area contributed by atoms with Gasteiger partial charge in [0.2, 0.25) is 0 Å². The number of ether oxygens (including phenoxy) is 2. The number of para-hydroxylation sites is 1. The molecule has 0 unspecified atom stereocenters. The molecule has 0 saturated carbocycles. The van der Waals surface area contributed by atoms with Gasteiger partial charge in [0.1, 0.15) is 23.7 Å². The first-order chi connectivity index (χ1) is 22.0. The molecule has 2 aromatic heterocycles. The molecule has 5 aromatic rings. The summed E-state index contributed by atoms with van der Waals surface area (Å²) in [7, 11) is 0. The summed E-state index contributed by atoms with van der Waals surface area (Å²) in [5.74, 6) is 1.08. The molecule has 6 rings (SSSR count). The summed E-state index contributed by atoms with van der Waals surface area (Å²) < 4.78 is 13.3. The lowest BCUT2D eigenvalue weighted by atomic mass is 10.0. The molecule has 0 radical (unpaired) electrons. The number of carbonyl (C=O) groups is 1. The van der Waals surface area contributed by atoms with Crippen LogP contribution in [0.5, 0.6) is 5.75 Å². The van der Waals surface area contributed by atoms with Crippen molar-refractivity contribution in [3.63, 3.8) is 0 Å². The standard InChI is InChI=1S/C35H38N6O4/c1-4-40(35(43)45-23-25-12-8-6-9-13-25)26-18-20-39(21-19-26)28-16-17-29(30(22-28)44-5-2)33-36-31-24(3)38-41(32(31)34(42)37-33)27-14-10-7-11-15-27/h6-17,22,26H,4-5,18-21,23H2,1-3H3,(H,36,37,42). The van der Waals surface area contributed by atoms with Crippen molar-refractivity contribution in [3.05, 3.63) is 100 Å². The van der Waals surface area contributed by atoms with E-state index in [2.05, 4.69) is 15.0 Å². The number of aromatic nitrogens is 4. The zero-order valence-electron chi connectivity index (χ0n) is 25.9. The van der Waals surface area contributed by atoms with Crippen molar-refractivity contribution in [1.29, 1.82) is 0 Å². The first kappa shape index (κ1) is 29.9. The van der Waals surface area contributed by atoms with Gasteiger partial charge in [0, 0.05) is 37.4 Å². The van der Waals surface area contributed by atoms with Crippen molar-refractivity contribution in [2.45, 2.75) is 46.3 Å². The van der Waals surface area contributed by atoms with Crippen LogP contribution in [0.2, 0.25) is 0 Å². The number of carbonyl (C=O) groups excluding carboxylic acids is 1. The van der Waals surface area contributed by atoms with Crippen LogP contribution >= 0.6 is 0 Å². The number of aromatic amines is 1. The van der Waals surface area contributed by atoms with E-state index >= 15 is 0 Å². The van der Waals surface area contributed by atoms with Gasteiger partial charge in [-0.3, -0.25) is 4.79 Å². The van der Waals surface area contributed by atoms with Gasteiger partial charge in [-0.1, -0.05) is 48.5 Å². The number of aryl methyl sites for hydroxylation is 1. The highest BCUT2D eigenvalue weighted by Gasteiger charge is 2.28. The smallest absolute Gasteiger partial charge is 0.410 e. The molecule has 0 spiro atoms. The molecule has 1 saturated heterocycles. The third-order valence-electron chi connectivity index (χ3n) is 8.27. The average Bonchev–Trinajstić information content (AvgIpc) is 3.42. The number of hydrogen-bond acceptors (Lipinski definition) is 7. The minimum atomic E-state index is -0.272. The van der Waals surface area contributed by atoms with E-state index in [1.807, 2.05) is 105 Å². The molecule has 10 nitrogen and oxygen atoms in total. The molecule has 1 aliphatic heterocycles. The molecule has 3 aromatic carbocycles. The van der Waals surface area contributed by atoms with Crippen LogP contribution in [0.15, 0.2) is 83.7 Å². The van der Waals surface area contributed by atoms with Crippen molar-refractivity contribution in [3.8, 4) is 22.8 Å². The molecule has 10 heteroatoms. The zero-order chi connectivity index (χ0) is 31.3. The maximum atomic E-state index is 13.4. The number of benzene rings is 3. The van der Waals surface area contributed by atoms with Gasteiger partial charge in [-0.25, -0.2) is 14.5 Å². The molecule has 3 heterocycles. The Kier molecular flexibility index (Phi) is 8.81. The summed E-state index contributed by atoms with van der Waals surface area (Å²) in [5, 5.41) is 4.61. The Bertz CT molecular complexity index is 1830. The van der Waals surface area contributed by atoms with Crippen LogP contribution in [0.25, 0.3) is 28.1 Å². The fourth-order valence-corrected chi connectivity index (χ4v) is 6.00. The van der Waals surface area contributed by atoms with Gasteiger partial charge in [-0.2, -0.15) is 5.10 Å². The lowest BCUT2D eigenvalue weighted by Crippen LogP contribution is -2.47. The first-order valence-electron chi connectivity index (χ1n) is 15.5. The van der Waals surface area contributed by atoms with E-state index in [1.54, 1.807) is 4.68 Å². The van der Waals surface area contributed by atoms with Gasteiger partial charge in [0.25, 0.3) is 5.56 Å². The number of H-pyrrole nitrogens is 1. The van der Waals surface area contributed by atoms with Gasteiger partial charge in [-0.05, 0) is 63.4 Å². The van der Waals surface area contributed by atoms with E-state index in [0.29, 0.717) is 47.0 Å². The van der Waals surface area contributed by atoms with Crippen LogP contribution < -0.4 is 15.2 Å². The molecular formula is C35H38N6O4. The molecule has 45 heavy (non-hydrogen) atoms. The summed E-state index contributed by atoms with van der Waals surface area (Å²) in [6.45, 7) is 8.69. The molecule has 0 atom stereocenters. The Morgan fingerprint density at radius 2 is 1.69 bits per heavy atom. The monoisotopic (exact) mass is 606 g/mol. The number of piperidine rings is 1. The lowest BCUT2D eigenvalue weighted by Gasteiger charge is -2.38. The van der Waals surface area contributed by atoms with Crippen LogP contribution in [0, 0.1) is 6.92 Å². The molecule has 1 fully saturated rings. The number of amides is 1. The highest BCUT2D eigenvalue weighted by Crippen LogP contribution is 2.34. The second-order valence-electron chi connectivity index (χ2n) is 11.1. The normalized spacial score (nSPS) is 13.6. The summed E-state index contributed by atoms with van der Waals surface area (Å²) >= 11 is 0. The summed E-state index contributed by atoms with van der Waals surface area (Å²) in [4.78, 5) is 38.3. The Hall–Kier alpha value is -5.12. The third kappa shape index (κ3) is 6.26. The molecule has 1 amide bonds. The predicted octanol–water partition coefficient (Wildman–Crippen LogP) is 6.11. The Labute approximate surface area is 262 Å². The summed E-state index contributed by atoms with van der Waals surface area (Å²) in [6, 6.07) is 25.4. The van der Waals surface area contributed by atoms with E-state index in [-0.39, 0.29) is 24.3 Å². The minimum Gasteiger partial charge on any atom is -0.493 e. The van der Waals surface area contributed by atoms with E-state index in [4.69, 9.17) is 14.5 Å². The fourth-order valence-electron chi connectivity index (χ4n) is 6.00. The Balaban J connectivity index is 1.19. The fraction of sp³-hybridized carbons (Fsp3) is 0.314. The first-order valence-corrected chi connectivity index (χ1v) is 15.5. The molecule has 0 bridgehead atoms. The largest absolute Gasteiger partial charge is 0.493 e. The maximum absolute atomic E-state index is 13.4. The predicted molar refractivity (Wildman–Crippen MR) is 175 cm³/mol. The molecule has 232 valence electrons. The number of anilines is 1. The van der Waals surface area contributed by atoms with Crippen LogP contribution in [-0.2, 0) is 11.3 Å². The number of hydrogen-bond donors (Lipinski definition) is 1. The average molecular weight is 607 g/mol. The van der Waals surface area contributed by atoms with E-state index < -0.39 is 0 Å². The number of nitrogens with zero attached hydrogens (tertiary/aromatic N) is 5. The SMILES string of the molecule is CCOc1cc(N2CCC(N(CC)C(=O)OCc3ccccc3)CC2)ccc1-c1nc2c(C)nn(-c3ccccc3)c2c(=O)[nH]1. The van der Waals surface area contributed by atoms with Crippen molar-refractivity contribution in [1.82, 2.24) is 24.6 Å². The summed E-state index contributed by atoms with van der Waals surface area (Å²) in [5.41, 5.74) is 4.86. The Morgan fingerprint density at radius 3 is 2.38 bits per heavy atom. The molecule has 0 aliphatic carbocycles. The second kappa shape index (κ2) is 13.3. The van der Waals surface area contributed by atoms with Crippen molar-refractivity contribution >= 4 is 22.8 Å². The van der Waals surface area contributed by atoms with E-state index in [0.717, 1.165) is 42.9 Å². The Morgan fingerprint density at radius 1 is 0.978 bits per heavy atom. The molecule has 1 aliphatic rings. The van der Waals surface area contributed by atoms with Crippen LogP contribution in [0.1, 0.15) is 37.9 Å². The van der Waals surface area contributed by atoms with Gasteiger partial charge in [0.05, 0.1) is 23.6 Å². The van der Waals surface area contributed by atoms with Gasteiger partial charge >= 0.3 is 6.09 Å². The summed E-state index contributed by atoms with van der Waals surface area (Å²) in [6.07, 6.45) is 1.39. The van der Waals surface area contributed by atoms with Crippen molar-refractivity contribution in [2.75, 3.05) is 31.1 Å². The van der Waals surface area contributed by atoms with Gasteiger partial charge in [0.15, 0.2) is 5.52 Å². The quantitative estimate of drug-likeness (QED) is 0.216. The minimum absolute atomic E-state index is 0.112. The van der Waals surface area contributed by atoms with Gasteiger partial charge in [-0.15, -0.1) is 0 Å². The number of fused-ring (bicyclic) bond motifs is 1. The topological polar surface area (TPSA) is 106 Å². The van der Waals surface area contributed by atoms with Crippen molar-refractivity contribution in [2.24, 2.45) is 0 Å². The highest BCUT2D eigenvalue weighted by molar-refractivity contribution is 5.81. The molecule has 1 N–H and O–H groups in total. The second-order valence-corrected chi connectivity index (χ2v) is 11.1. The van der Waals surface area contributed by atoms with Crippen LogP contribution in [0.4, 0.5) is 10.5 Å². The van der Waals surface area contributed by atoms with E-state index in [9.17, 15) is 9.59 Å². The number of nitrogens with one attached hydrogen (secondary N) is 1. The van der Waals surface area contributed by atoms with Crippen LogP contribution in [-0.4, -0.2) is 63.0 Å². The molecular weight excluding hydrogens is 568 g/mol. The lowest BCUT2D eigenvalue weighted by molar-refractivity contribution is 0.0773.